The second kappa shape index (κ2) is 8.57. The standard InChI is InChI=1S/C25H25N5O3/c1-2-21(31)29-13-12-19-20(14-29)30-25(27-19)22(24(26)32)23(28-30)17-8-10-18(11-9-17)33-15-16-6-4-3-5-7-16/h2-11,21,28,31H,1,12-15H2,(H2,26,32). The first kappa shape index (κ1) is 21.0. The van der Waals surface area contributed by atoms with Gasteiger partial charge in [-0.1, -0.05) is 36.9 Å². The Bertz CT molecular complexity index is 1310. The average molecular weight is 444 g/mol. The zero-order valence-corrected chi connectivity index (χ0v) is 18.1. The lowest BCUT2D eigenvalue weighted by molar-refractivity contribution is 0.0301. The van der Waals surface area contributed by atoms with Gasteiger partial charge in [0, 0.05) is 25.1 Å². The van der Waals surface area contributed by atoms with Crippen LogP contribution in [0.4, 0.5) is 0 Å². The van der Waals surface area contributed by atoms with Gasteiger partial charge in [0.05, 0.1) is 17.1 Å². The number of nitrogens with two attached hydrogens (primary N) is 1. The van der Waals surface area contributed by atoms with Crippen LogP contribution < -0.4 is 10.5 Å². The van der Waals surface area contributed by atoms with Gasteiger partial charge in [-0.15, -0.1) is 0 Å². The van der Waals surface area contributed by atoms with Crippen molar-refractivity contribution in [2.45, 2.75) is 25.8 Å². The highest BCUT2D eigenvalue weighted by Crippen LogP contribution is 2.31. The maximum Gasteiger partial charge on any atom is 0.254 e. The van der Waals surface area contributed by atoms with Crippen LogP contribution in [0.15, 0.2) is 67.3 Å². The lowest BCUT2D eigenvalue weighted by Gasteiger charge is -2.28. The second-order valence-corrected chi connectivity index (χ2v) is 8.06. The summed E-state index contributed by atoms with van der Waals surface area (Å²) in [5.41, 5.74) is 10.9. The lowest BCUT2D eigenvalue weighted by Crippen LogP contribution is -2.38. The molecule has 0 fully saturated rings. The number of hydrogen-bond acceptors (Lipinski definition) is 5. The summed E-state index contributed by atoms with van der Waals surface area (Å²) < 4.78 is 7.67. The Kier molecular flexibility index (Phi) is 5.45. The summed E-state index contributed by atoms with van der Waals surface area (Å²) >= 11 is 0. The van der Waals surface area contributed by atoms with Crippen molar-refractivity contribution in [3.05, 3.63) is 89.8 Å². The number of rotatable bonds is 7. The van der Waals surface area contributed by atoms with Gasteiger partial charge >= 0.3 is 0 Å². The molecule has 2 aromatic heterocycles. The maximum atomic E-state index is 12.4. The smallest absolute Gasteiger partial charge is 0.254 e. The highest BCUT2D eigenvalue weighted by atomic mass is 16.5. The zero-order chi connectivity index (χ0) is 22.9. The zero-order valence-electron chi connectivity index (χ0n) is 18.1. The summed E-state index contributed by atoms with van der Waals surface area (Å²) in [4.78, 5) is 19.0. The van der Waals surface area contributed by atoms with Crippen LogP contribution in [0.2, 0.25) is 0 Å². The second-order valence-electron chi connectivity index (χ2n) is 8.06. The normalized spacial score (nSPS) is 14.7. The molecule has 0 aliphatic carbocycles. The van der Waals surface area contributed by atoms with Crippen molar-refractivity contribution in [2.75, 3.05) is 6.54 Å². The molecule has 1 unspecified atom stereocenters. The maximum absolute atomic E-state index is 12.4. The van der Waals surface area contributed by atoms with Crippen LogP contribution in [0.1, 0.15) is 27.3 Å². The fraction of sp³-hybridized carbons (Fsp3) is 0.200. The minimum Gasteiger partial charge on any atom is -0.489 e. The first-order valence-corrected chi connectivity index (χ1v) is 10.8. The summed E-state index contributed by atoms with van der Waals surface area (Å²) in [6, 6.07) is 17.5. The topological polar surface area (TPSA) is 109 Å². The van der Waals surface area contributed by atoms with Crippen molar-refractivity contribution < 1.29 is 14.6 Å². The summed E-state index contributed by atoms with van der Waals surface area (Å²) in [6.07, 6.45) is 1.42. The predicted molar refractivity (Wildman–Crippen MR) is 125 cm³/mol. The van der Waals surface area contributed by atoms with E-state index in [0.29, 0.717) is 43.0 Å². The Morgan fingerprint density at radius 1 is 1.24 bits per heavy atom. The Labute approximate surface area is 190 Å². The molecule has 4 aromatic rings. The third-order valence-corrected chi connectivity index (χ3v) is 5.96. The molecule has 8 nitrogen and oxygen atoms in total. The van der Waals surface area contributed by atoms with Gasteiger partial charge < -0.3 is 15.6 Å². The molecule has 8 heteroatoms. The summed E-state index contributed by atoms with van der Waals surface area (Å²) in [5, 5.41) is 13.5. The van der Waals surface area contributed by atoms with Crippen LogP contribution in [0.3, 0.4) is 0 Å². The van der Waals surface area contributed by atoms with Crippen molar-refractivity contribution in [3.63, 3.8) is 0 Å². The minimum absolute atomic E-state index is 0.346. The predicted octanol–water partition coefficient (Wildman–Crippen LogP) is 2.87. The van der Waals surface area contributed by atoms with Crippen LogP contribution in [0.25, 0.3) is 16.9 Å². The average Bonchev–Trinajstić information content (AvgIpc) is 3.39. The van der Waals surface area contributed by atoms with Crippen LogP contribution in [0.5, 0.6) is 5.75 Å². The number of H-pyrrole nitrogens is 1. The quantitative estimate of drug-likeness (QED) is 0.381. The number of aromatic amines is 1. The number of fused-ring (bicyclic) bond motifs is 3. The number of carbonyl (C=O) groups is 1. The number of aromatic nitrogens is 3. The fourth-order valence-corrected chi connectivity index (χ4v) is 4.23. The molecule has 5 rings (SSSR count). The highest BCUT2D eigenvalue weighted by molar-refractivity contribution is 6.04. The number of imidazole rings is 1. The molecule has 1 amide bonds. The molecule has 0 radical (unpaired) electrons. The van der Waals surface area contributed by atoms with E-state index in [0.717, 1.165) is 28.3 Å². The first-order valence-electron chi connectivity index (χ1n) is 10.8. The number of ether oxygens (including phenoxy) is 1. The van der Waals surface area contributed by atoms with E-state index < -0.39 is 12.1 Å². The number of carbonyl (C=O) groups excluding carboxylic acids is 1. The van der Waals surface area contributed by atoms with Gasteiger partial charge in [0.25, 0.3) is 5.91 Å². The molecule has 0 spiro atoms. The van der Waals surface area contributed by atoms with Gasteiger partial charge in [-0.05, 0) is 35.9 Å². The van der Waals surface area contributed by atoms with Gasteiger partial charge in [-0.3, -0.25) is 14.8 Å². The van der Waals surface area contributed by atoms with Crippen molar-refractivity contribution in [2.24, 2.45) is 5.73 Å². The molecule has 33 heavy (non-hydrogen) atoms. The Morgan fingerprint density at radius 2 is 2.00 bits per heavy atom. The van der Waals surface area contributed by atoms with Crippen molar-refractivity contribution >= 4 is 11.6 Å². The number of aliphatic hydroxyl groups is 1. The van der Waals surface area contributed by atoms with Gasteiger partial charge in [0.2, 0.25) is 0 Å². The van der Waals surface area contributed by atoms with Crippen LogP contribution in [0, 0.1) is 0 Å². The summed E-state index contributed by atoms with van der Waals surface area (Å²) in [7, 11) is 0. The number of amides is 1. The number of nitrogens with zero attached hydrogens (tertiary/aromatic N) is 3. The molecular formula is C25H25N5O3. The third kappa shape index (κ3) is 3.90. The van der Waals surface area contributed by atoms with Crippen molar-refractivity contribution in [1.29, 1.82) is 0 Å². The number of aliphatic hydroxyl groups excluding tert-OH is 1. The van der Waals surface area contributed by atoms with E-state index in [1.807, 2.05) is 59.5 Å². The Morgan fingerprint density at radius 3 is 2.70 bits per heavy atom. The summed E-state index contributed by atoms with van der Waals surface area (Å²) in [5.74, 6) is 0.178. The molecule has 1 aliphatic heterocycles. The van der Waals surface area contributed by atoms with E-state index in [1.54, 1.807) is 4.52 Å². The van der Waals surface area contributed by atoms with Crippen LogP contribution >= 0.6 is 0 Å². The Balaban J connectivity index is 1.45. The molecule has 3 heterocycles. The number of nitrogens with one attached hydrogen (secondary N) is 1. The monoisotopic (exact) mass is 443 g/mol. The molecular weight excluding hydrogens is 418 g/mol. The van der Waals surface area contributed by atoms with Gasteiger partial charge in [0.1, 0.15) is 24.1 Å². The number of hydrogen-bond donors (Lipinski definition) is 3. The van der Waals surface area contributed by atoms with E-state index in [4.69, 9.17) is 15.5 Å². The minimum atomic E-state index is -0.739. The number of benzene rings is 2. The van der Waals surface area contributed by atoms with E-state index in [2.05, 4.69) is 11.7 Å². The first-order chi connectivity index (χ1) is 16.0. The van der Waals surface area contributed by atoms with Gasteiger partial charge in [-0.25, -0.2) is 9.50 Å². The molecule has 1 aliphatic rings. The Hall–Kier alpha value is -3.88. The van der Waals surface area contributed by atoms with Crippen LogP contribution in [-0.2, 0) is 19.6 Å². The van der Waals surface area contributed by atoms with Gasteiger partial charge in [-0.2, -0.15) is 0 Å². The van der Waals surface area contributed by atoms with Crippen molar-refractivity contribution in [1.82, 2.24) is 19.5 Å². The molecule has 1 atom stereocenters. The number of primary amides is 1. The highest BCUT2D eigenvalue weighted by Gasteiger charge is 2.29. The van der Waals surface area contributed by atoms with E-state index >= 15 is 0 Å². The SMILES string of the molecule is C=CC(O)N1CCc2nc3c(C(N)=O)c(-c4ccc(OCc5ccccc5)cc4)[nH]n3c2C1. The molecule has 2 aromatic carbocycles. The molecule has 0 saturated heterocycles. The van der Waals surface area contributed by atoms with E-state index in [1.165, 1.54) is 6.08 Å². The molecule has 0 bridgehead atoms. The molecule has 168 valence electrons. The van der Waals surface area contributed by atoms with E-state index in [-0.39, 0.29) is 0 Å². The summed E-state index contributed by atoms with van der Waals surface area (Å²) in [6.45, 7) is 5.28. The third-order valence-electron chi connectivity index (χ3n) is 5.96. The molecule has 0 saturated carbocycles. The van der Waals surface area contributed by atoms with E-state index in [9.17, 15) is 9.90 Å². The van der Waals surface area contributed by atoms with Gasteiger partial charge in [0.15, 0.2) is 5.65 Å². The fourth-order valence-electron chi connectivity index (χ4n) is 4.23. The lowest BCUT2D eigenvalue weighted by atomic mass is 10.1. The van der Waals surface area contributed by atoms with Crippen molar-refractivity contribution in [3.8, 4) is 17.0 Å². The van der Waals surface area contributed by atoms with Crippen LogP contribution in [-0.4, -0.2) is 43.3 Å². The molecule has 4 N–H and O–H groups in total. The largest absolute Gasteiger partial charge is 0.489 e.